The van der Waals surface area contributed by atoms with Crippen molar-refractivity contribution in [3.63, 3.8) is 0 Å². The first-order valence-electron chi connectivity index (χ1n) is 7.62. The van der Waals surface area contributed by atoms with E-state index in [0.29, 0.717) is 12.3 Å². The number of hydrogen-bond acceptors (Lipinski definition) is 1. The second-order valence-electron chi connectivity index (χ2n) is 6.15. The third kappa shape index (κ3) is 4.02. The molecule has 3 atom stereocenters. The van der Waals surface area contributed by atoms with Crippen molar-refractivity contribution in [3.8, 4) is 0 Å². The summed E-state index contributed by atoms with van der Waals surface area (Å²) in [6.07, 6.45) is 2.59. The molecule has 1 saturated carbocycles. The van der Waals surface area contributed by atoms with Gasteiger partial charge in [0.1, 0.15) is 0 Å². The van der Waals surface area contributed by atoms with Gasteiger partial charge in [0.25, 0.3) is 0 Å². The smallest absolute Gasteiger partial charge is 0.248 e. The molecule has 1 aromatic rings. The molecule has 1 N–H and O–H groups in total. The molecule has 0 aliphatic heterocycles. The van der Waals surface area contributed by atoms with Gasteiger partial charge < -0.3 is 5.32 Å². The van der Waals surface area contributed by atoms with Crippen molar-refractivity contribution in [2.24, 2.45) is 5.92 Å². The quantitative estimate of drug-likeness (QED) is 0.815. The fourth-order valence-corrected chi connectivity index (χ4v) is 3.40. The van der Waals surface area contributed by atoms with Crippen molar-refractivity contribution < 1.29 is 10.2 Å². The number of alkyl halides is 2. The molecule has 1 aliphatic carbocycles. The van der Waals surface area contributed by atoms with Gasteiger partial charge in [-0.15, -0.1) is 0 Å². The van der Waals surface area contributed by atoms with Crippen LogP contribution in [-0.2, 0) is 0 Å². The van der Waals surface area contributed by atoms with Gasteiger partial charge in [-0.25, -0.2) is 8.78 Å². The van der Waals surface area contributed by atoms with Crippen LogP contribution in [-0.4, -0.2) is 19.0 Å². The fourth-order valence-electron chi connectivity index (χ4n) is 3.40. The molecule has 3 heteroatoms. The Morgan fingerprint density at radius 2 is 2.05 bits per heavy atom. The van der Waals surface area contributed by atoms with Crippen LogP contribution in [0, 0.1) is 5.92 Å². The third-order valence-electron chi connectivity index (χ3n) is 4.59. The molecule has 0 aromatic heterocycles. The van der Waals surface area contributed by atoms with Gasteiger partial charge in [-0.1, -0.05) is 37.3 Å². The van der Waals surface area contributed by atoms with Gasteiger partial charge in [0, 0.05) is 20.3 Å². The van der Waals surface area contributed by atoms with E-state index in [0.717, 1.165) is 12.8 Å². The number of hydrogen-bond donors (Lipinski definition) is 1. The molecule has 1 fully saturated rings. The first kappa shape index (κ1) is 15.4. The van der Waals surface area contributed by atoms with Crippen LogP contribution in [0.3, 0.4) is 0 Å². The molecular formula is C17H27F2N. The van der Waals surface area contributed by atoms with E-state index < -0.39 is 5.92 Å². The van der Waals surface area contributed by atoms with Crippen molar-refractivity contribution in [2.45, 2.75) is 56.9 Å². The van der Waals surface area contributed by atoms with Crippen molar-refractivity contribution in [1.82, 2.24) is 5.32 Å². The lowest BCUT2D eigenvalue weighted by Crippen LogP contribution is -2.40. The van der Waals surface area contributed by atoms with Gasteiger partial charge in [-0.05, 0) is 43.7 Å². The summed E-state index contributed by atoms with van der Waals surface area (Å²) >= 11 is 0. The van der Waals surface area contributed by atoms with Crippen LogP contribution in [0.4, 0.5) is 8.78 Å². The zero-order chi connectivity index (χ0) is 14.6. The lowest BCUT2D eigenvalue weighted by atomic mass is 9.78. The van der Waals surface area contributed by atoms with Gasteiger partial charge in [0.2, 0.25) is 5.92 Å². The highest BCUT2D eigenvalue weighted by Crippen LogP contribution is 2.39. The summed E-state index contributed by atoms with van der Waals surface area (Å²) in [6, 6.07) is 10.5. The van der Waals surface area contributed by atoms with Crippen LogP contribution in [0.25, 0.3) is 0 Å². The molecule has 0 amide bonds. The van der Waals surface area contributed by atoms with Gasteiger partial charge in [-0.3, -0.25) is 0 Å². The Hall–Kier alpha value is -0.960. The maximum Gasteiger partial charge on any atom is 0.248 e. The Labute approximate surface area is 122 Å². The van der Waals surface area contributed by atoms with E-state index in [1.165, 1.54) is 5.56 Å². The Bertz CT molecular complexity index is 411. The van der Waals surface area contributed by atoms with Crippen molar-refractivity contribution >= 4 is 0 Å². The monoisotopic (exact) mass is 283 g/mol. The lowest BCUT2D eigenvalue weighted by molar-refractivity contribution is -0.0584. The van der Waals surface area contributed by atoms with Gasteiger partial charge in [-0.2, -0.15) is 0 Å². The summed E-state index contributed by atoms with van der Waals surface area (Å²) in [5, 5.41) is 3.28. The zero-order valence-corrected chi connectivity index (χ0v) is 12.4. The highest BCUT2D eigenvalue weighted by atomic mass is 19.3. The molecule has 2 rings (SSSR count). The molecule has 1 unspecified atom stereocenters. The molecule has 0 heterocycles. The maximum atomic E-state index is 13.6. The average molecular weight is 283 g/mol. The Morgan fingerprint density at radius 3 is 2.65 bits per heavy atom. The molecule has 0 radical (unpaired) electrons. The van der Waals surface area contributed by atoms with E-state index in [9.17, 15) is 8.78 Å². The van der Waals surface area contributed by atoms with Crippen LogP contribution in [0.15, 0.2) is 30.3 Å². The second kappa shape index (κ2) is 6.66. The lowest BCUT2D eigenvalue weighted by Gasteiger charge is -2.35. The standard InChI is InChI=1S/C17H25F2N.H2/c1-13(14-7-4-3-5-8-14)11-16(20-2)15-9-6-10-17(18,19)12-15;/h3-5,7-8,13,15-16,20H,6,9-12H2,1-2H3;1H/t13-,15?,16+;/m1./s1. The zero-order valence-electron chi connectivity index (χ0n) is 12.4. The third-order valence-corrected chi connectivity index (χ3v) is 4.59. The molecule has 0 spiro atoms. The molecule has 0 saturated heterocycles. The highest BCUT2D eigenvalue weighted by Gasteiger charge is 2.39. The van der Waals surface area contributed by atoms with Crippen molar-refractivity contribution in [3.05, 3.63) is 35.9 Å². The first-order chi connectivity index (χ1) is 9.52. The van der Waals surface area contributed by atoms with E-state index in [1.807, 2.05) is 25.2 Å². The molecule has 1 aliphatic rings. The number of benzene rings is 1. The summed E-state index contributed by atoms with van der Waals surface area (Å²) in [7, 11) is 1.90. The second-order valence-corrected chi connectivity index (χ2v) is 6.15. The average Bonchev–Trinajstić information content (AvgIpc) is 2.44. The summed E-state index contributed by atoms with van der Waals surface area (Å²) in [5.41, 5.74) is 1.29. The predicted octanol–water partition coefficient (Wildman–Crippen LogP) is 4.84. The minimum absolute atomic E-state index is 0. The van der Waals surface area contributed by atoms with Crippen molar-refractivity contribution in [2.75, 3.05) is 7.05 Å². The Balaban J connectivity index is 0.00000220. The SMILES string of the molecule is CN[C@@H](C[C@@H](C)c1ccccc1)C1CCCC(F)(F)C1.[HH]. The van der Waals surface area contributed by atoms with E-state index in [1.54, 1.807) is 0 Å². The maximum absolute atomic E-state index is 13.6. The minimum atomic E-state index is -2.46. The summed E-state index contributed by atoms with van der Waals surface area (Å²) in [6.45, 7) is 2.18. The van der Waals surface area contributed by atoms with Gasteiger partial charge >= 0.3 is 0 Å². The normalized spacial score (nSPS) is 25.1. The minimum Gasteiger partial charge on any atom is -0.317 e. The summed E-state index contributed by atoms with van der Waals surface area (Å²) < 4.78 is 27.2. The topological polar surface area (TPSA) is 12.0 Å². The number of rotatable bonds is 5. The van der Waals surface area contributed by atoms with Crippen LogP contribution in [0.2, 0.25) is 0 Å². The van der Waals surface area contributed by atoms with Gasteiger partial charge in [0.15, 0.2) is 0 Å². The molecular weight excluding hydrogens is 256 g/mol. The summed E-state index contributed by atoms with van der Waals surface area (Å²) in [5.74, 6) is -1.98. The molecule has 1 nitrogen and oxygen atoms in total. The molecule has 114 valence electrons. The highest BCUT2D eigenvalue weighted by molar-refractivity contribution is 5.19. The summed E-state index contributed by atoms with van der Waals surface area (Å²) in [4.78, 5) is 0. The van der Waals surface area contributed by atoms with Crippen LogP contribution in [0.1, 0.15) is 51.9 Å². The largest absolute Gasteiger partial charge is 0.317 e. The Morgan fingerprint density at radius 1 is 1.35 bits per heavy atom. The first-order valence-corrected chi connectivity index (χ1v) is 7.62. The van der Waals surface area contributed by atoms with Gasteiger partial charge in [0.05, 0.1) is 0 Å². The molecule has 0 bridgehead atoms. The van der Waals surface area contributed by atoms with Crippen LogP contribution in [0.5, 0.6) is 0 Å². The van der Waals surface area contributed by atoms with Crippen LogP contribution < -0.4 is 5.32 Å². The number of nitrogens with one attached hydrogen (secondary N) is 1. The fraction of sp³-hybridized carbons (Fsp3) is 0.647. The van der Waals surface area contributed by atoms with E-state index in [2.05, 4.69) is 24.4 Å². The van der Waals surface area contributed by atoms with Crippen molar-refractivity contribution in [1.29, 1.82) is 0 Å². The van der Waals surface area contributed by atoms with E-state index in [-0.39, 0.29) is 26.2 Å². The Kier molecular flexibility index (Phi) is 5.14. The predicted molar refractivity (Wildman–Crippen MR) is 81.3 cm³/mol. The molecule has 20 heavy (non-hydrogen) atoms. The van der Waals surface area contributed by atoms with E-state index in [4.69, 9.17) is 0 Å². The van der Waals surface area contributed by atoms with Crippen LogP contribution >= 0.6 is 0 Å². The molecule has 1 aromatic carbocycles. The number of halogens is 2. The van der Waals surface area contributed by atoms with E-state index >= 15 is 0 Å².